The summed E-state index contributed by atoms with van der Waals surface area (Å²) in [4.78, 5) is 28.3. The van der Waals surface area contributed by atoms with Crippen LogP contribution >= 0.6 is 11.6 Å². The average molecular weight is 570 g/mol. The van der Waals surface area contributed by atoms with Gasteiger partial charge in [0.1, 0.15) is 12.6 Å². The summed E-state index contributed by atoms with van der Waals surface area (Å²) in [5.74, 6) is -0.825. The molecule has 3 rings (SSSR count). The Morgan fingerprint density at radius 1 is 0.949 bits per heavy atom. The number of carbonyl (C=O) groups excluding carboxylic acids is 2. The minimum atomic E-state index is -4.10. The zero-order chi connectivity index (χ0) is 28.7. The monoisotopic (exact) mass is 569 g/mol. The Kier molecular flexibility index (Phi) is 10.2. The second-order valence-electron chi connectivity index (χ2n) is 9.71. The lowest BCUT2D eigenvalue weighted by Crippen LogP contribution is -2.51. The SMILES string of the molecule is CCCNC(=O)[C@H](C)N(Cc1cccc(Cl)c1)C(=O)CN(c1ccc(C)c(C)c1)S(=O)(=O)c1ccc(C)cc1. The number of anilines is 1. The van der Waals surface area contributed by atoms with Crippen LogP contribution in [0.1, 0.15) is 42.5 Å². The Morgan fingerprint density at radius 3 is 2.26 bits per heavy atom. The van der Waals surface area contributed by atoms with Gasteiger partial charge in [0.25, 0.3) is 10.0 Å². The zero-order valence-corrected chi connectivity index (χ0v) is 24.6. The van der Waals surface area contributed by atoms with Gasteiger partial charge in [0.15, 0.2) is 0 Å². The smallest absolute Gasteiger partial charge is 0.264 e. The Bertz CT molecular complexity index is 1420. The Morgan fingerprint density at radius 2 is 1.64 bits per heavy atom. The van der Waals surface area contributed by atoms with Crippen molar-refractivity contribution in [2.24, 2.45) is 0 Å². The molecular formula is C30H36ClN3O4S. The van der Waals surface area contributed by atoms with Gasteiger partial charge in [0, 0.05) is 18.1 Å². The van der Waals surface area contributed by atoms with Crippen LogP contribution < -0.4 is 9.62 Å². The van der Waals surface area contributed by atoms with Gasteiger partial charge in [0.05, 0.1) is 10.6 Å². The van der Waals surface area contributed by atoms with Gasteiger partial charge in [-0.25, -0.2) is 8.42 Å². The van der Waals surface area contributed by atoms with Crippen molar-refractivity contribution in [3.05, 3.63) is 94.0 Å². The predicted octanol–water partition coefficient (Wildman–Crippen LogP) is 5.40. The highest BCUT2D eigenvalue weighted by atomic mass is 35.5. The van der Waals surface area contributed by atoms with E-state index in [2.05, 4.69) is 5.32 Å². The van der Waals surface area contributed by atoms with Crippen molar-refractivity contribution in [3.63, 3.8) is 0 Å². The van der Waals surface area contributed by atoms with E-state index in [0.29, 0.717) is 17.3 Å². The second kappa shape index (κ2) is 13.1. The van der Waals surface area contributed by atoms with Gasteiger partial charge in [-0.2, -0.15) is 0 Å². The number of carbonyl (C=O) groups is 2. The van der Waals surface area contributed by atoms with Gasteiger partial charge in [0.2, 0.25) is 11.8 Å². The van der Waals surface area contributed by atoms with Crippen LogP contribution in [0.25, 0.3) is 0 Å². The number of amides is 2. The molecule has 0 unspecified atom stereocenters. The maximum atomic E-state index is 13.9. The van der Waals surface area contributed by atoms with Crippen molar-refractivity contribution in [3.8, 4) is 0 Å². The number of benzene rings is 3. The molecular weight excluding hydrogens is 534 g/mol. The molecule has 0 aliphatic heterocycles. The van der Waals surface area contributed by atoms with Crippen LogP contribution in [0, 0.1) is 20.8 Å². The molecule has 7 nitrogen and oxygen atoms in total. The number of halogens is 1. The Balaban J connectivity index is 2.04. The lowest BCUT2D eigenvalue weighted by Gasteiger charge is -2.32. The lowest BCUT2D eigenvalue weighted by atomic mass is 10.1. The third kappa shape index (κ3) is 7.61. The molecule has 0 bridgehead atoms. The molecule has 39 heavy (non-hydrogen) atoms. The summed E-state index contributed by atoms with van der Waals surface area (Å²) in [7, 11) is -4.10. The van der Waals surface area contributed by atoms with Crippen molar-refractivity contribution in [2.75, 3.05) is 17.4 Å². The summed E-state index contributed by atoms with van der Waals surface area (Å²) in [6.45, 7) is 9.36. The first-order valence-electron chi connectivity index (χ1n) is 12.9. The molecule has 2 amide bonds. The first-order chi connectivity index (χ1) is 18.4. The molecule has 9 heteroatoms. The van der Waals surface area contributed by atoms with Crippen molar-refractivity contribution >= 4 is 39.1 Å². The fraction of sp³-hybridized carbons (Fsp3) is 0.333. The second-order valence-corrected chi connectivity index (χ2v) is 12.0. The highest BCUT2D eigenvalue weighted by Gasteiger charge is 2.32. The Labute approximate surface area is 236 Å². The molecule has 0 aliphatic rings. The van der Waals surface area contributed by atoms with Crippen molar-refractivity contribution in [2.45, 2.75) is 58.5 Å². The van der Waals surface area contributed by atoms with E-state index in [-0.39, 0.29) is 17.3 Å². The number of rotatable bonds is 11. The zero-order valence-electron chi connectivity index (χ0n) is 23.1. The van der Waals surface area contributed by atoms with E-state index in [1.54, 1.807) is 49.4 Å². The largest absolute Gasteiger partial charge is 0.354 e. The van der Waals surface area contributed by atoms with Crippen LogP contribution in [0.15, 0.2) is 71.6 Å². The molecule has 0 saturated carbocycles. The van der Waals surface area contributed by atoms with Gasteiger partial charge in [-0.1, -0.05) is 54.4 Å². The third-order valence-electron chi connectivity index (χ3n) is 6.62. The maximum absolute atomic E-state index is 13.9. The fourth-order valence-corrected chi connectivity index (χ4v) is 5.68. The van der Waals surface area contributed by atoms with E-state index in [9.17, 15) is 18.0 Å². The van der Waals surface area contributed by atoms with Crippen LogP contribution in [0.2, 0.25) is 5.02 Å². The standard InChI is InChI=1S/C30H36ClN3O4S/c1-6-16-32-30(36)24(5)33(19-25-8-7-9-26(31)18-25)29(35)20-34(27-13-12-22(3)23(4)17-27)39(37,38)28-14-10-21(2)11-15-28/h7-15,17-18,24H,6,16,19-20H2,1-5H3,(H,32,36)/t24-/m0/s1. The molecule has 3 aromatic rings. The van der Waals surface area contributed by atoms with Crippen LogP contribution in [-0.4, -0.2) is 44.3 Å². The number of nitrogens with one attached hydrogen (secondary N) is 1. The van der Waals surface area contributed by atoms with Crippen molar-refractivity contribution in [1.82, 2.24) is 10.2 Å². The molecule has 0 aromatic heterocycles. The van der Waals surface area contributed by atoms with Crippen molar-refractivity contribution < 1.29 is 18.0 Å². The van der Waals surface area contributed by atoms with E-state index >= 15 is 0 Å². The van der Waals surface area contributed by atoms with E-state index in [4.69, 9.17) is 11.6 Å². The number of hydrogen-bond donors (Lipinski definition) is 1. The summed E-state index contributed by atoms with van der Waals surface area (Å²) in [5.41, 5.74) is 3.92. The van der Waals surface area contributed by atoms with Gasteiger partial charge in [-0.05, 0) is 87.2 Å². The molecule has 0 spiro atoms. The maximum Gasteiger partial charge on any atom is 0.264 e. The molecule has 0 aliphatic carbocycles. The number of sulfonamides is 1. The summed E-state index contributed by atoms with van der Waals surface area (Å²) in [6.07, 6.45) is 0.746. The fourth-order valence-electron chi connectivity index (χ4n) is 4.06. The van der Waals surface area contributed by atoms with Crippen LogP contribution in [-0.2, 0) is 26.2 Å². The quantitative estimate of drug-likeness (QED) is 0.335. The summed E-state index contributed by atoms with van der Waals surface area (Å²) >= 11 is 6.18. The van der Waals surface area contributed by atoms with E-state index in [1.165, 1.54) is 17.0 Å². The lowest BCUT2D eigenvalue weighted by molar-refractivity contribution is -0.139. The van der Waals surface area contributed by atoms with E-state index in [0.717, 1.165) is 33.0 Å². The van der Waals surface area contributed by atoms with Gasteiger partial charge in [-0.15, -0.1) is 0 Å². The minimum Gasteiger partial charge on any atom is -0.354 e. The van der Waals surface area contributed by atoms with E-state index in [1.807, 2.05) is 39.8 Å². The normalized spacial score (nSPS) is 12.1. The molecule has 1 atom stereocenters. The highest BCUT2D eigenvalue weighted by Crippen LogP contribution is 2.27. The first kappa shape index (κ1) is 30.2. The van der Waals surface area contributed by atoms with Gasteiger partial charge >= 0.3 is 0 Å². The van der Waals surface area contributed by atoms with E-state index < -0.39 is 28.5 Å². The van der Waals surface area contributed by atoms with Crippen LogP contribution in [0.4, 0.5) is 5.69 Å². The third-order valence-corrected chi connectivity index (χ3v) is 8.65. The van der Waals surface area contributed by atoms with Gasteiger partial charge in [-0.3, -0.25) is 13.9 Å². The molecule has 0 saturated heterocycles. The summed E-state index contributed by atoms with van der Waals surface area (Å²) in [5, 5.41) is 3.34. The van der Waals surface area contributed by atoms with Crippen molar-refractivity contribution in [1.29, 1.82) is 0 Å². The number of aryl methyl sites for hydroxylation is 3. The van der Waals surface area contributed by atoms with Crippen LogP contribution in [0.5, 0.6) is 0 Å². The topological polar surface area (TPSA) is 86.8 Å². The molecule has 3 aromatic carbocycles. The minimum absolute atomic E-state index is 0.0780. The number of nitrogens with zero attached hydrogens (tertiary/aromatic N) is 2. The molecule has 1 N–H and O–H groups in total. The molecule has 208 valence electrons. The number of hydrogen-bond acceptors (Lipinski definition) is 4. The molecule has 0 radical (unpaired) electrons. The predicted molar refractivity (Wildman–Crippen MR) is 156 cm³/mol. The molecule has 0 heterocycles. The van der Waals surface area contributed by atoms with Gasteiger partial charge < -0.3 is 10.2 Å². The summed E-state index contributed by atoms with van der Waals surface area (Å²) in [6, 6.07) is 18.0. The average Bonchev–Trinajstić information content (AvgIpc) is 2.90. The molecule has 0 fully saturated rings. The summed E-state index contributed by atoms with van der Waals surface area (Å²) < 4.78 is 28.9. The highest BCUT2D eigenvalue weighted by molar-refractivity contribution is 7.92. The Hall–Kier alpha value is -3.36. The first-order valence-corrected chi connectivity index (χ1v) is 14.7. The van der Waals surface area contributed by atoms with Crippen LogP contribution in [0.3, 0.4) is 0 Å².